The predicted molar refractivity (Wildman–Crippen MR) is 134 cm³/mol. The van der Waals surface area contributed by atoms with Gasteiger partial charge in [-0.1, -0.05) is 0 Å². The Kier molecular flexibility index (Phi) is 6.00. The molecule has 0 unspecified atom stereocenters. The second-order valence-electron chi connectivity index (χ2n) is 9.99. The number of rotatable bonds is 6. The molecule has 4 heterocycles. The van der Waals surface area contributed by atoms with Gasteiger partial charge in [-0.15, -0.1) is 0 Å². The van der Waals surface area contributed by atoms with Crippen LogP contribution >= 0.6 is 0 Å². The topological polar surface area (TPSA) is 91.7 Å². The number of fused-ring (bicyclic) bond motifs is 2. The van der Waals surface area contributed by atoms with Crippen molar-refractivity contribution in [2.75, 3.05) is 11.9 Å². The Balaban J connectivity index is 1.21. The van der Waals surface area contributed by atoms with Crippen LogP contribution < -0.4 is 5.32 Å². The lowest BCUT2D eigenvalue weighted by Gasteiger charge is -2.34. The molecule has 8 nitrogen and oxygen atoms in total. The molecule has 2 N–H and O–H groups in total. The van der Waals surface area contributed by atoms with Gasteiger partial charge in [0.2, 0.25) is 11.9 Å². The number of amides is 1. The highest BCUT2D eigenvalue weighted by atomic mass is 19.3. The van der Waals surface area contributed by atoms with E-state index in [9.17, 15) is 18.0 Å². The lowest BCUT2D eigenvalue weighted by molar-refractivity contribution is -0.130. The molecule has 1 aromatic carbocycles. The number of aryl methyl sites for hydroxylation is 1. The zero-order valence-corrected chi connectivity index (χ0v) is 20.5. The molecule has 11 heteroatoms. The second-order valence-corrected chi connectivity index (χ2v) is 9.99. The molecule has 1 aliphatic heterocycles. The van der Waals surface area contributed by atoms with Gasteiger partial charge >= 0.3 is 0 Å². The van der Waals surface area contributed by atoms with Crippen molar-refractivity contribution < 1.29 is 18.0 Å². The maximum atomic E-state index is 14.9. The van der Waals surface area contributed by atoms with E-state index >= 15 is 0 Å². The van der Waals surface area contributed by atoms with Crippen LogP contribution in [0.1, 0.15) is 44.3 Å². The van der Waals surface area contributed by atoms with Gasteiger partial charge in [0.05, 0.1) is 12.1 Å². The molecule has 1 saturated carbocycles. The Bertz CT molecular complexity index is 1470. The van der Waals surface area contributed by atoms with Crippen LogP contribution in [0.25, 0.3) is 33.2 Å². The van der Waals surface area contributed by atoms with Crippen molar-refractivity contribution in [3.05, 3.63) is 36.2 Å². The minimum absolute atomic E-state index is 0.0771. The fourth-order valence-corrected chi connectivity index (χ4v) is 5.81. The second kappa shape index (κ2) is 9.35. The third-order valence-electron chi connectivity index (χ3n) is 7.64. The molecular weight excluding hydrogens is 483 g/mol. The summed E-state index contributed by atoms with van der Waals surface area (Å²) >= 11 is 0. The number of carbonyl (C=O) groups excluding carboxylic acids is 1. The standard InChI is InChI=1S/C26H28F3N7O/c1-14-32-24-20(27)9-15(10-21(24)36(14)13-22(28)29)18-11-30-25-19(18)12-31-26(34-25)33-16-4-6-17(7-5-16)35-8-2-3-23(35)37/h9-12,16-17,22H,2-8,13H2,1H3,(H2,30,31,33,34). The third kappa shape index (κ3) is 4.40. The molecule has 1 aliphatic carbocycles. The van der Waals surface area contributed by atoms with E-state index in [2.05, 4.69) is 25.3 Å². The molecule has 2 fully saturated rings. The monoisotopic (exact) mass is 511 g/mol. The van der Waals surface area contributed by atoms with Crippen molar-refractivity contribution in [3.63, 3.8) is 0 Å². The summed E-state index contributed by atoms with van der Waals surface area (Å²) in [4.78, 5) is 30.5. The van der Waals surface area contributed by atoms with Gasteiger partial charge in [-0.25, -0.2) is 23.1 Å². The molecule has 194 valence electrons. The largest absolute Gasteiger partial charge is 0.351 e. The van der Waals surface area contributed by atoms with E-state index < -0.39 is 18.8 Å². The zero-order valence-electron chi connectivity index (χ0n) is 20.5. The summed E-state index contributed by atoms with van der Waals surface area (Å²) in [5.41, 5.74) is 2.22. The molecule has 2 aliphatic rings. The number of nitrogens with one attached hydrogen (secondary N) is 2. The summed E-state index contributed by atoms with van der Waals surface area (Å²) in [5.74, 6) is 0.558. The van der Waals surface area contributed by atoms with E-state index in [-0.39, 0.29) is 17.5 Å². The molecule has 1 amide bonds. The molecule has 3 aromatic heterocycles. The van der Waals surface area contributed by atoms with Gasteiger partial charge in [-0.2, -0.15) is 4.98 Å². The van der Waals surface area contributed by atoms with E-state index in [0.29, 0.717) is 51.9 Å². The van der Waals surface area contributed by atoms with Gasteiger partial charge in [0.25, 0.3) is 6.43 Å². The first-order chi connectivity index (χ1) is 17.9. The maximum Gasteiger partial charge on any atom is 0.256 e. The minimum Gasteiger partial charge on any atom is -0.351 e. The number of hydrogen-bond acceptors (Lipinski definition) is 5. The number of alkyl halides is 2. The fourth-order valence-electron chi connectivity index (χ4n) is 5.81. The summed E-state index contributed by atoms with van der Waals surface area (Å²) in [6, 6.07) is 3.61. The first kappa shape index (κ1) is 23.7. The van der Waals surface area contributed by atoms with Crippen LogP contribution in [-0.4, -0.2) is 60.4 Å². The van der Waals surface area contributed by atoms with Crippen molar-refractivity contribution >= 4 is 33.9 Å². The highest BCUT2D eigenvalue weighted by Crippen LogP contribution is 2.33. The Labute approximate surface area is 211 Å². The number of anilines is 1. The highest BCUT2D eigenvalue weighted by molar-refractivity contribution is 5.96. The molecule has 37 heavy (non-hydrogen) atoms. The van der Waals surface area contributed by atoms with Gasteiger partial charge in [-0.05, 0) is 56.7 Å². The summed E-state index contributed by atoms with van der Waals surface area (Å²) in [6.07, 6.45) is 6.28. The molecule has 0 atom stereocenters. The molecule has 0 radical (unpaired) electrons. The van der Waals surface area contributed by atoms with Crippen molar-refractivity contribution in [2.24, 2.45) is 0 Å². The number of H-pyrrole nitrogens is 1. The molecular formula is C26H28F3N7O. The fraction of sp³-hybridized carbons (Fsp3) is 0.462. The molecule has 0 spiro atoms. The zero-order chi connectivity index (χ0) is 25.7. The van der Waals surface area contributed by atoms with Crippen molar-refractivity contribution in [3.8, 4) is 11.1 Å². The van der Waals surface area contributed by atoms with E-state index in [4.69, 9.17) is 0 Å². The average Bonchev–Trinajstić information content (AvgIpc) is 3.57. The normalized spacial score (nSPS) is 20.6. The highest BCUT2D eigenvalue weighted by Gasteiger charge is 2.31. The van der Waals surface area contributed by atoms with Crippen LogP contribution in [-0.2, 0) is 11.3 Å². The molecule has 0 bridgehead atoms. The lowest BCUT2D eigenvalue weighted by atomic mass is 9.90. The number of carbonyl (C=O) groups is 1. The minimum atomic E-state index is -2.58. The van der Waals surface area contributed by atoms with Crippen LogP contribution in [0, 0.1) is 12.7 Å². The number of nitrogens with zero attached hydrogens (tertiary/aromatic N) is 5. The maximum absolute atomic E-state index is 14.9. The number of aromatic amines is 1. The van der Waals surface area contributed by atoms with Crippen molar-refractivity contribution in [1.29, 1.82) is 0 Å². The lowest BCUT2D eigenvalue weighted by Crippen LogP contribution is -2.41. The van der Waals surface area contributed by atoms with Crippen LogP contribution in [0.3, 0.4) is 0 Å². The Morgan fingerprint density at radius 1 is 1.19 bits per heavy atom. The summed E-state index contributed by atoms with van der Waals surface area (Å²) in [5, 5.41) is 4.12. The summed E-state index contributed by atoms with van der Waals surface area (Å²) in [6.45, 7) is 1.92. The van der Waals surface area contributed by atoms with Crippen LogP contribution in [0.5, 0.6) is 0 Å². The summed E-state index contributed by atoms with van der Waals surface area (Å²) < 4.78 is 42.5. The van der Waals surface area contributed by atoms with Gasteiger partial charge < -0.3 is 19.8 Å². The van der Waals surface area contributed by atoms with Gasteiger partial charge in [0.1, 0.15) is 17.0 Å². The molecule has 4 aromatic rings. The first-order valence-electron chi connectivity index (χ1n) is 12.7. The van der Waals surface area contributed by atoms with Gasteiger partial charge in [0, 0.05) is 48.4 Å². The van der Waals surface area contributed by atoms with Crippen LogP contribution in [0.2, 0.25) is 0 Å². The summed E-state index contributed by atoms with van der Waals surface area (Å²) in [7, 11) is 0. The first-order valence-corrected chi connectivity index (χ1v) is 12.7. The van der Waals surface area contributed by atoms with Crippen molar-refractivity contribution in [2.45, 2.75) is 70.5 Å². The Morgan fingerprint density at radius 2 is 2.00 bits per heavy atom. The quantitative estimate of drug-likeness (QED) is 0.379. The number of aromatic nitrogens is 5. The third-order valence-corrected chi connectivity index (χ3v) is 7.64. The number of benzene rings is 1. The predicted octanol–water partition coefficient (Wildman–Crippen LogP) is 5.03. The number of imidazole rings is 1. The SMILES string of the molecule is Cc1nc2c(F)cc(-c3c[nH]c4nc(NC5CCC(N6CCCC6=O)CC5)ncc34)cc2n1CC(F)F. The Hall–Kier alpha value is -3.63. The number of hydrogen-bond donors (Lipinski definition) is 2. The average molecular weight is 512 g/mol. The van der Waals surface area contributed by atoms with Crippen LogP contribution in [0.4, 0.5) is 19.1 Å². The number of likely N-dealkylation sites (tertiary alicyclic amines) is 1. The van der Waals surface area contributed by atoms with E-state index in [1.165, 1.54) is 10.6 Å². The Morgan fingerprint density at radius 3 is 2.73 bits per heavy atom. The van der Waals surface area contributed by atoms with E-state index in [1.807, 2.05) is 4.90 Å². The van der Waals surface area contributed by atoms with Crippen LogP contribution in [0.15, 0.2) is 24.5 Å². The van der Waals surface area contributed by atoms with E-state index in [0.717, 1.165) is 38.6 Å². The van der Waals surface area contributed by atoms with Gasteiger partial charge in [-0.3, -0.25) is 4.79 Å². The number of halogens is 3. The van der Waals surface area contributed by atoms with E-state index in [1.54, 1.807) is 25.4 Å². The van der Waals surface area contributed by atoms with Gasteiger partial charge in [0.15, 0.2) is 5.82 Å². The molecule has 1 saturated heterocycles. The van der Waals surface area contributed by atoms with Crippen molar-refractivity contribution in [1.82, 2.24) is 29.4 Å². The smallest absolute Gasteiger partial charge is 0.256 e. The molecule has 6 rings (SSSR count).